The van der Waals surface area contributed by atoms with Gasteiger partial charge in [-0.25, -0.2) is 0 Å². The fourth-order valence-electron chi connectivity index (χ4n) is 2.87. The minimum atomic E-state index is -0.0146. The van der Waals surface area contributed by atoms with Gasteiger partial charge in [0, 0.05) is 23.9 Å². The number of hydrogen-bond donors (Lipinski definition) is 0. The maximum absolute atomic E-state index is 12.6. The van der Waals surface area contributed by atoms with E-state index in [-0.39, 0.29) is 11.7 Å². The van der Waals surface area contributed by atoms with Crippen molar-refractivity contribution in [2.45, 2.75) is 33.1 Å². The van der Waals surface area contributed by atoms with Gasteiger partial charge in [-0.15, -0.1) is 0 Å². The molecule has 128 valence electrons. The molecule has 1 unspecified atom stereocenters. The van der Waals surface area contributed by atoms with Crippen LogP contribution in [0.25, 0.3) is 0 Å². The highest BCUT2D eigenvalue weighted by Crippen LogP contribution is 2.37. The summed E-state index contributed by atoms with van der Waals surface area (Å²) in [4.78, 5) is 16.6. The van der Waals surface area contributed by atoms with E-state index < -0.39 is 0 Å². The van der Waals surface area contributed by atoms with Crippen molar-refractivity contribution in [1.29, 1.82) is 0 Å². The highest BCUT2D eigenvalue weighted by Gasteiger charge is 2.32. The van der Waals surface area contributed by atoms with Crippen molar-refractivity contribution in [3.63, 3.8) is 0 Å². The van der Waals surface area contributed by atoms with Gasteiger partial charge < -0.3 is 9.47 Å². The Bertz CT molecular complexity index is 683. The third kappa shape index (κ3) is 3.94. The summed E-state index contributed by atoms with van der Waals surface area (Å²) in [6, 6.07) is 7.62. The van der Waals surface area contributed by atoms with E-state index in [1.54, 1.807) is 32.7 Å². The van der Waals surface area contributed by atoms with Crippen molar-refractivity contribution in [3.05, 3.63) is 53.3 Å². The molecule has 0 saturated heterocycles. The number of aromatic nitrogens is 1. The smallest absolute Gasteiger partial charge is 0.167 e. The summed E-state index contributed by atoms with van der Waals surface area (Å²) in [5, 5.41) is 0. The van der Waals surface area contributed by atoms with Crippen molar-refractivity contribution < 1.29 is 14.3 Å². The first-order chi connectivity index (χ1) is 11.6. The van der Waals surface area contributed by atoms with E-state index >= 15 is 0 Å². The molecular formula is C20H25NO3. The Kier molecular flexibility index (Phi) is 6.36. The first-order valence-electron chi connectivity index (χ1n) is 8.32. The molecule has 4 nitrogen and oxygen atoms in total. The van der Waals surface area contributed by atoms with E-state index in [9.17, 15) is 4.79 Å². The lowest BCUT2D eigenvalue weighted by Crippen LogP contribution is -2.12. The summed E-state index contributed by atoms with van der Waals surface area (Å²) in [7, 11) is 3.19. The second kappa shape index (κ2) is 8.48. The van der Waals surface area contributed by atoms with E-state index in [0.717, 1.165) is 29.5 Å². The minimum Gasteiger partial charge on any atom is -0.493 e. The maximum atomic E-state index is 12.6. The van der Waals surface area contributed by atoms with Crippen LogP contribution in [-0.2, 0) is 12.8 Å². The molecule has 1 atom stereocenters. The molecule has 0 aliphatic heterocycles. The second-order valence-electron chi connectivity index (χ2n) is 5.90. The minimum absolute atomic E-state index is 0.0146. The van der Waals surface area contributed by atoms with Gasteiger partial charge in [-0.3, -0.25) is 9.78 Å². The van der Waals surface area contributed by atoms with Crippen molar-refractivity contribution >= 4 is 5.78 Å². The van der Waals surface area contributed by atoms with E-state index in [1.165, 1.54) is 6.42 Å². The zero-order valence-electron chi connectivity index (χ0n) is 14.8. The monoisotopic (exact) mass is 327 g/mol. The van der Waals surface area contributed by atoms with Gasteiger partial charge >= 0.3 is 0 Å². The fourth-order valence-corrected chi connectivity index (χ4v) is 2.87. The standard InChI is InChI=1S/C17H17NO3.C3H8/c1-20-15-9-12-8-13(7-11-3-5-18-6-4-11)17(19)14(12)10-16(15)21-2;1-3-2/h3-6,9-10,13H,7-8H2,1-2H3;3H2,1-2H3. The summed E-state index contributed by atoms with van der Waals surface area (Å²) >= 11 is 0. The van der Waals surface area contributed by atoms with Crippen LogP contribution in [0.5, 0.6) is 11.5 Å². The molecule has 0 saturated carbocycles. The molecule has 0 amide bonds. The molecule has 3 rings (SSSR count). The first kappa shape index (κ1) is 18.0. The number of benzene rings is 1. The van der Waals surface area contributed by atoms with Gasteiger partial charge in [-0.1, -0.05) is 20.3 Å². The molecule has 0 spiro atoms. The molecule has 1 heterocycles. The molecule has 1 aliphatic carbocycles. The molecule has 4 heteroatoms. The van der Waals surface area contributed by atoms with Gasteiger partial charge in [-0.05, 0) is 48.2 Å². The topological polar surface area (TPSA) is 48.4 Å². The molecule has 0 bridgehead atoms. The number of pyridine rings is 1. The number of carbonyl (C=O) groups excluding carboxylic acids is 1. The van der Waals surface area contributed by atoms with Gasteiger partial charge in [0.25, 0.3) is 0 Å². The maximum Gasteiger partial charge on any atom is 0.167 e. The molecular weight excluding hydrogens is 302 g/mol. The highest BCUT2D eigenvalue weighted by atomic mass is 16.5. The van der Waals surface area contributed by atoms with Gasteiger partial charge in [0.15, 0.2) is 17.3 Å². The Morgan fingerprint density at radius 1 is 1.08 bits per heavy atom. The lowest BCUT2D eigenvalue weighted by Gasteiger charge is -2.09. The van der Waals surface area contributed by atoms with E-state index in [1.807, 2.05) is 18.2 Å². The first-order valence-corrected chi connectivity index (χ1v) is 8.32. The summed E-state index contributed by atoms with van der Waals surface area (Å²) in [5.74, 6) is 1.45. The molecule has 0 N–H and O–H groups in total. The van der Waals surface area contributed by atoms with Crippen LogP contribution in [0.1, 0.15) is 41.8 Å². The third-order valence-electron chi connectivity index (χ3n) is 3.94. The molecule has 0 radical (unpaired) electrons. The number of ether oxygens (including phenoxy) is 2. The van der Waals surface area contributed by atoms with Crippen LogP contribution in [0.4, 0.5) is 0 Å². The number of methoxy groups -OCH3 is 2. The Hall–Kier alpha value is -2.36. The van der Waals surface area contributed by atoms with Gasteiger partial charge in [-0.2, -0.15) is 0 Å². The Morgan fingerprint density at radius 3 is 2.25 bits per heavy atom. The van der Waals surface area contributed by atoms with Crippen molar-refractivity contribution in [2.75, 3.05) is 14.2 Å². The van der Waals surface area contributed by atoms with Crippen LogP contribution in [-0.4, -0.2) is 25.0 Å². The number of Topliss-reactive ketones (excluding diaryl/α,β-unsaturated/α-hetero) is 1. The molecule has 1 aliphatic rings. The van der Waals surface area contributed by atoms with Crippen molar-refractivity contribution in [2.24, 2.45) is 5.92 Å². The van der Waals surface area contributed by atoms with Crippen molar-refractivity contribution in [3.8, 4) is 11.5 Å². The molecule has 1 aromatic carbocycles. The molecule has 1 aromatic heterocycles. The van der Waals surface area contributed by atoms with Crippen LogP contribution in [0, 0.1) is 5.92 Å². The summed E-state index contributed by atoms with van der Waals surface area (Å²) in [6.07, 6.45) is 6.25. The van der Waals surface area contributed by atoms with E-state index in [0.29, 0.717) is 11.5 Å². The lowest BCUT2D eigenvalue weighted by molar-refractivity contribution is 0.0936. The average molecular weight is 327 g/mol. The van der Waals surface area contributed by atoms with Crippen LogP contribution in [0.15, 0.2) is 36.7 Å². The van der Waals surface area contributed by atoms with Crippen molar-refractivity contribution in [1.82, 2.24) is 4.98 Å². The van der Waals surface area contributed by atoms with Crippen LogP contribution in [0.2, 0.25) is 0 Å². The number of hydrogen-bond acceptors (Lipinski definition) is 4. The number of ketones is 1. The van der Waals surface area contributed by atoms with Crippen LogP contribution < -0.4 is 9.47 Å². The summed E-state index contributed by atoms with van der Waals surface area (Å²) in [6.45, 7) is 4.25. The molecule has 2 aromatic rings. The Labute approximate surface area is 143 Å². The Morgan fingerprint density at radius 2 is 1.67 bits per heavy atom. The Balaban J connectivity index is 0.000000647. The lowest BCUT2D eigenvalue weighted by atomic mass is 9.96. The predicted octanol–water partition coefficient (Wildman–Crippen LogP) is 4.11. The van der Waals surface area contributed by atoms with E-state index in [4.69, 9.17) is 9.47 Å². The normalized spacial score (nSPS) is 15.3. The van der Waals surface area contributed by atoms with E-state index in [2.05, 4.69) is 18.8 Å². The second-order valence-corrected chi connectivity index (χ2v) is 5.90. The number of fused-ring (bicyclic) bond motifs is 1. The summed E-state index contributed by atoms with van der Waals surface area (Å²) < 4.78 is 10.6. The largest absolute Gasteiger partial charge is 0.493 e. The van der Waals surface area contributed by atoms with Gasteiger partial charge in [0.1, 0.15) is 0 Å². The van der Waals surface area contributed by atoms with Crippen LogP contribution in [0.3, 0.4) is 0 Å². The van der Waals surface area contributed by atoms with Gasteiger partial charge in [0.05, 0.1) is 14.2 Å². The zero-order valence-corrected chi connectivity index (χ0v) is 14.8. The SMILES string of the molecule is CCC.COc1cc2c(cc1OC)C(=O)C(Cc1ccncc1)C2. The quantitative estimate of drug-likeness (QED) is 0.848. The number of nitrogens with zero attached hydrogens (tertiary/aromatic N) is 1. The number of rotatable bonds is 4. The third-order valence-corrected chi connectivity index (χ3v) is 3.94. The van der Waals surface area contributed by atoms with Crippen LogP contribution >= 0.6 is 0 Å². The predicted molar refractivity (Wildman–Crippen MR) is 95.0 cm³/mol. The molecule has 24 heavy (non-hydrogen) atoms. The fraction of sp³-hybridized carbons (Fsp3) is 0.400. The number of carbonyl (C=O) groups is 1. The average Bonchev–Trinajstić information content (AvgIpc) is 2.90. The molecule has 0 fully saturated rings. The highest BCUT2D eigenvalue weighted by molar-refractivity contribution is 6.03. The van der Waals surface area contributed by atoms with Gasteiger partial charge in [0.2, 0.25) is 0 Å². The zero-order chi connectivity index (χ0) is 17.5. The summed E-state index contributed by atoms with van der Waals surface area (Å²) in [5.41, 5.74) is 2.93.